The lowest BCUT2D eigenvalue weighted by atomic mass is 9.98. The molecule has 0 aromatic heterocycles. The van der Waals surface area contributed by atoms with Crippen molar-refractivity contribution in [2.24, 2.45) is 5.84 Å². The van der Waals surface area contributed by atoms with Gasteiger partial charge < -0.3 is 10.2 Å². The lowest BCUT2D eigenvalue weighted by molar-refractivity contribution is 0.103. The fourth-order valence-corrected chi connectivity index (χ4v) is 1.96. The number of nitrogens with two attached hydrogens (primary N) is 1. The predicted octanol–water partition coefficient (Wildman–Crippen LogP) is 2.52. The fourth-order valence-electron chi connectivity index (χ4n) is 1.96. The summed E-state index contributed by atoms with van der Waals surface area (Å²) in [7, 11) is 1.54. The Hall–Kier alpha value is -2.33. The molecule has 0 aliphatic rings. The number of nitrogen functional groups attached to an aromatic ring is 1. The molecule has 98 valence electrons. The molecule has 3 N–H and O–H groups in total. The minimum absolute atomic E-state index is 0.0278. The zero-order valence-electron chi connectivity index (χ0n) is 10.9. The van der Waals surface area contributed by atoms with Crippen molar-refractivity contribution in [1.82, 2.24) is 0 Å². The molecule has 0 atom stereocenters. The van der Waals surface area contributed by atoms with Crippen LogP contribution in [0, 0.1) is 6.92 Å². The summed E-state index contributed by atoms with van der Waals surface area (Å²) in [5.74, 6) is 5.94. The number of carbonyl (C=O) groups excluding carboxylic acids is 1. The summed E-state index contributed by atoms with van der Waals surface area (Å²) < 4.78 is 5.22. The minimum Gasteiger partial charge on any atom is -0.495 e. The molecule has 4 nitrogen and oxygen atoms in total. The van der Waals surface area contributed by atoms with Crippen molar-refractivity contribution >= 4 is 11.5 Å². The van der Waals surface area contributed by atoms with Gasteiger partial charge in [-0.3, -0.25) is 10.6 Å². The summed E-state index contributed by atoms with van der Waals surface area (Å²) in [5.41, 5.74) is 5.33. The molecule has 0 saturated heterocycles. The minimum atomic E-state index is -0.0278. The topological polar surface area (TPSA) is 64.3 Å². The lowest BCUT2D eigenvalue weighted by Gasteiger charge is -2.12. The maximum absolute atomic E-state index is 12.4. The number of hydrogen-bond donors (Lipinski definition) is 2. The second-order valence-corrected chi connectivity index (χ2v) is 4.21. The molecule has 0 saturated carbocycles. The molecule has 0 bridgehead atoms. The number of hydrogen-bond acceptors (Lipinski definition) is 4. The van der Waals surface area contributed by atoms with Gasteiger partial charge in [0.05, 0.1) is 12.8 Å². The standard InChI is InChI=1S/C15H16N2O2/c1-10-8-13(17-16)14(19-2)9-12(10)15(18)11-6-4-3-5-7-11/h3-9,17H,16H2,1-2H3. The van der Waals surface area contributed by atoms with Crippen molar-refractivity contribution in [3.05, 3.63) is 59.2 Å². The molecular weight excluding hydrogens is 240 g/mol. The van der Waals surface area contributed by atoms with Gasteiger partial charge in [-0.25, -0.2) is 0 Å². The highest BCUT2D eigenvalue weighted by Gasteiger charge is 2.15. The van der Waals surface area contributed by atoms with Gasteiger partial charge >= 0.3 is 0 Å². The number of anilines is 1. The summed E-state index contributed by atoms with van der Waals surface area (Å²) in [6, 6.07) is 12.7. The molecular formula is C15H16N2O2. The third-order valence-corrected chi connectivity index (χ3v) is 2.98. The van der Waals surface area contributed by atoms with Crippen LogP contribution in [-0.2, 0) is 0 Å². The number of ether oxygens (including phenoxy) is 1. The highest BCUT2D eigenvalue weighted by molar-refractivity contribution is 6.10. The van der Waals surface area contributed by atoms with Crippen LogP contribution in [0.15, 0.2) is 42.5 Å². The molecule has 4 heteroatoms. The van der Waals surface area contributed by atoms with Gasteiger partial charge in [-0.1, -0.05) is 30.3 Å². The van der Waals surface area contributed by atoms with E-state index in [4.69, 9.17) is 10.6 Å². The van der Waals surface area contributed by atoms with Crippen LogP contribution >= 0.6 is 0 Å². The summed E-state index contributed by atoms with van der Waals surface area (Å²) in [4.78, 5) is 12.4. The van der Waals surface area contributed by atoms with Crippen LogP contribution in [0.5, 0.6) is 5.75 Å². The first-order chi connectivity index (χ1) is 9.17. The number of nitrogens with one attached hydrogen (secondary N) is 1. The average molecular weight is 256 g/mol. The molecule has 19 heavy (non-hydrogen) atoms. The predicted molar refractivity (Wildman–Crippen MR) is 75.4 cm³/mol. The van der Waals surface area contributed by atoms with Crippen molar-refractivity contribution < 1.29 is 9.53 Å². The smallest absolute Gasteiger partial charge is 0.193 e. The molecule has 0 radical (unpaired) electrons. The van der Waals surface area contributed by atoms with Gasteiger partial charge in [-0.05, 0) is 24.6 Å². The van der Waals surface area contributed by atoms with Crippen LogP contribution < -0.4 is 16.0 Å². The van der Waals surface area contributed by atoms with Gasteiger partial charge in [0.25, 0.3) is 0 Å². The van der Waals surface area contributed by atoms with Crippen molar-refractivity contribution in [1.29, 1.82) is 0 Å². The van der Waals surface area contributed by atoms with Crippen molar-refractivity contribution in [2.45, 2.75) is 6.92 Å². The van der Waals surface area contributed by atoms with Gasteiger partial charge in [0, 0.05) is 11.1 Å². The SMILES string of the molecule is COc1cc(C(=O)c2ccccc2)c(C)cc1NN. The van der Waals surface area contributed by atoms with E-state index in [1.165, 1.54) is 0 Å². The van der Waals surface area contributed by atoms with Gasteiger partial charge in [0.2, 0.25) is 0 Å². The number of hydrazine groups is 1. The van der Waals surface area contributed by atoms with Crippen LogP contribution in [0.1, 0.15) is 21.5 Å². The van der Waals surface area contributed by atoms with Crippen LogP contribution in [0.3, 0.4) is 0 Å². The maximum Gasteiger partial charge on any atom is 0.193 e. The third kappa shape index (κ3) is 2.58. The number of methoxy groups -OCH3 is 1. The normalized spacial score (nSPS) is 10.1. The Kier molecular flexibility index (Phi) is 3.82. The average Bonchev–Trinajstić information content (AvgIpc) is 2.47. The van der Waals surface area contributed by atoms with E-state index in [0.717, 1.165) is 5.56 Å². The fraction of sp³-hybridized carbons (Fsp3) is 0.133. The highest BCUT2D eigenvalue weighted by Crippen LogP contribution is 2.28. The maximum atomic E-state index is 12.4. The summed E-state index contributed by atoms with van der Waals surface area (Å²) in [6.45, 7) is 1.87. The number of carbonyl (C=O) groups is 1. The van der Waals surface area contributed by atoms with E-state index < -0.39 is 0 Å². The van der Waals surface area contributed by atoms with E-state index in [1.807, 2.05) is 25.1 Å². The van der Waals surface area contributed by atoms with E-state index in [2.05, 4.69) is 5.43 Å². The molecule has 2 aromatic rings. The summed E-state index contributed by atoms with van der Waals surface area (Å²) in [6.07, 6.45) is 0. The number of ketones is 1. The summed E-state index contributed by atoms with van der Waals surface area (Å²) in [5, 5.41) is 0. The molecule has 2 aromatic carbocycles. The quantitative estimate of drug-likeness (QED) is 0.501. The zero-order valence-corrected chi connectivity index (χ0v) is 10.9. The molecule has 0 amide bonds. The van der Waals surface area contributed by atoms with Crippen LogP contribution in [0.25, 0.3) is 0 Å². The van der Waals surface area contributed by atoms with Crippen LogP contribution in [-0.4, -0.2) is 12.9 Å². The molecule has 0 spiro atoms. The molecule has 0 fully saturated rings. The van der Waals surface area contributed by atoms with E-state index in [0.29, 0.717) is 22.6 Å². The van der Waals surface area contributed by atoms with E-state index >= 15 is 0 Å². The van der Waals surface area contributed by atoms with Gasteiger partial charge in [-0.15, -0.1) is 0 Å². The molecule has 0 unspecified atom stereocenters. The Bertz CT molecular complexity index is 595. The second-order valence-electron chi connectivity index (χ2n) is 4.21. The Labute approximate surface area is 112 Å². The lowest BCUT2D eigenvalue weighted by Crippen LogP contribution is -2.10. The Morgan fingerprint density at radius 3 is 2.47 bits per heavy atom. The number of rotatable bonds is 4. The van der Waals surface area contributed by atoms with Gasteiger partial charge in [0.1, 0.15) is 5.75 Å². The van der Waals surface area contributed by atoms with Gasteiger partial charge in [-0.2, -0.15) is 0 Å². The number of benzene rings is 2. The third-order valence-electron chi connectivity index (χ3n) is 2.98. The van der Waals surface area contributed by atoms with E-state index in [1.54, 1.807) is 31.4 Å². The first kappa shape index (κ1) is 13.1. The molecule has 0 aliphatic heterocycles. The van der Waals surface area contributed by atoms with Crippen molar-refractivity contribution in [2.75, 3.05) is 12.5 Å². The monoisotopic (exact) mass is 256 g/mol. The Balaban J connectivity index is 2.48. The second kappa shape index (κ2) is 5.54. The highest BCUT2D eigenvalue weighted by atomic mass is 16.5. The molecule has 0 heterocycles. The summed E-state index contributed by atoms with van der Waals surface area (Å²) >= 11 is 0. The number of aryl methyl sites for hydroxylation is 1. The van der Waals surface area contributed by atoms with Crippen LogP contribution in [0.4, 0.5) is 5.69 Å². The van der Waals surface area contributed by atoms with Crippen LogP contribution in [0.2, 0.25) is 0 Å². The zero-order chi connectivity index (χ0) is 13.8. The van der Waals surface area contributed by atoms with Crippen molar-refractivity contribution in [3.8, 4) is 5.75 Å². The molecule has 2 rings (SSSR count). The van der Waals surface area contributed by atoms with E-state index in [-0.39, 0.29) is 5.78 Å². The Morgan fingerprint density at radius 1 is 1.21 bits per heavy atom. The van der Waals surface area contributed by atoms with Crippen molar-refractivity contribution in [3.63, 3.8) is 0 Å². The van der Waals surface area contributed by atoms with Gasteiger partial charge in [0.15, 0.2) is 5.78 Å². The largest absolute Gasteiger partial charge is 0.495 e. The molecule has 0 aliphatic carbocycles. The first-order valence-electron chi connectivity index (χ1n) is 5.92. The Morgan fingerprint density at radius 2 is 1.89 bits per heavy atom. The van der Waals surface area contributed by atoms with E-state index in [9.17, 15) is 4.79 Å². The first-order valence-corrected chi connectivity index (χ1v) is 5.92.